The van der Waals surface area contributed by atoms with Crippen LogP contribution in [0.15, 0.2) is 0 Å². The molecule has 1 aliphatic rings. The summed E-state index contributed by atoms with van der Waals surface area (Å²) < 4.78 is 26.9. The van der Waals surface area contributed by atoms with Crippen molar-refractivity contribution in [3.8, 4) is 0 Å². The number of nitrogens with zero attached hydrogens (tertiary/aromatic N) is 2. The van der Waals surface area contributed by atoms with Crippen LogP contribution in [0.1, 0.15) is 19.8 Å². The van der Waals surface area contributed by atoms with Crippen LogP contribution in [-0.4, -0.2) is 49.6 Å². The van der Waals surface area contributed by atoms with Crippen molar-refractivity contribution in [2.24, 2.45) is 5.92 Å². The quantitative estimate of drug-likeness (QED) is 0.691. The largest absolute Gasteiger partial charge is 0.281 e. The van der Waals surface area contributed by atoms with Gasteiger partial charge in [-0.3, -0.25) is 0 Å². The summed E-state index contributed by atoms with van der Waals surface area (Å²) in [7, 11) is -1.62. The summed E-state index contributed by atoms with van der Waals surface area (Å²) >= 11 is 5.54. The zero-order chi connectivity index (χ0) is 11.5. The van der Waals surface area contributed by atoms with Gasteiger partial charge in [0.15, 0.2) is 0 Å². The first-order valence-electron chi connectivity index (χ1n) is 5.26. The highest BCUT2D eigenvalue weighted by molar-refractivity contribution is 7.86. The highest BCUT2D eigenvalue weighted by Gasteiger charge is 2.31. The van der Waals surface area contributed by atoms with Crippen molar-refractivity contribution in [1.82, 2.24) is 8.61 Å². The molecule has 6 heteroatoms. The van der Waals surface area contributed by atoms with Gasteiger partial charge in [-0.05, 0) is 18.8 Å². The molecule has 1 aliphatic heterocycles. The molecule has 90 valence electrons. The predicted molar refractivity (Wildman–Crippen MR) is 62.2 cm³/mol. The van der Waals surface area contributed by atoms with Gasteiger partial charge in [0, 0.05) is 32.6 Å². The lowest BCUT2D eigenvalue weighted by Gasteiger charge is -2.23. The van der Waals surface area contributed by atoms with Crippen molar-refractivity contribution in [2.45, 2.75) is 19.8 Å². The van der Waals surface area contributed by atoms with Gasteiger partial charge in [-0.15, -0.1) is 11.6 Å². The fourth-order valence-electron chi connectivity index (χ4n) is 1.70. The summed E-state index contributed by atoms with van der Waals surface area (Å²) in [6.45, 7) is 3.87. The van der Waals surface area contributed by atoms with Crippen LogP contribution in [-0.2, 0) is 10.2 Å². The Bertz CT molecular complexity index is 294. The van der Waals surface area contributed by atoms with Gasteiger partial charge in [0.1, 0.15) is 0 Å². The van der Waals surface area contributed by atoms with E-state index in [1.807, 2.05) is 0 Å². The molecule has 0 amide bonds. The second-order valence-electron chi connectivity index (χ2n) is 4.12. The van der Waals surface area contributed by atoms with E-state index in [2.05, 4.69) is 6.92 Å². The second-order valence-corrected chi connectivity index (χ2v) is 6.54. The molecular weight excluding hydrogens is 236 g/mol. The van der Waals surface area contributed by atoms with Gasteiger partial charge < -0.3 is 0 Å². The number of hydrogen-bond donors (Lipinski definition) is 0. The Balaban J connectivity index is 2.57. The van der Waals surface area contributed by atoms with Crippen LogP contribution in [0.5, 0.6) is 0 Å². The van der Waals surface area contributed by atoms with Crippen LogP contribution >= 0.6 is 11.6 Å². The standard InChI is InChI=1S/C9H19ClN2O2S/c1-9-4-7-12(8-9)15(13,14)11(2)6-3-5-10/h9H,3-8H2,1-2H3. The highest BCUT2D eigenvalue weighted by Crippen LogP contribution is 2.20. The Kier molecular flexibility index (Phi) is 4.83. The topological polar surface area (TPSA) is 40.6 Å². The monoisotopic (exact) mass is 254 g/mol. The van der Waals surface area contributed by atoms with Crippen molar-refractivity contribution in [3.63, 3.8) is 0 Å². The van der Waals surface area contributed by atoms with Gasteiger partial charge in [-0.25, -0.2) is 0 Å². The first-order chi connectivity index (χ1) is 6.98. The minimum absolute atomic E-state index is 0.473. The Labute approximate surface area is 97.4 Å². The fraction of sp³-hybridized carbons (Fsp3) is 1.00. The van der Waals surface area contributed by atoms with E-state index in [0.29, 0.717) is 37.9 Å². The maximum atomic E-state index is 12.0. The molecule has 15 heavy (non-hydrogen) atoms. The van der Waals surface area contributed by atoms with Crippen molar-refractivity contribution < 1.29 is 8.42 Å². The number of halogens is 1. The Morgan fingerprint density at radius 3 is 2.67 bits per heavy atom. The van der Waals surface area contributed by atoms with Crippen LogP contribution in [0.3, 0.4) is 0 Å². The third kappa shape index (κ3) is 3.31. The Morgan fingerprint density at radius 1 is 1.53 bits per heavy atom. The molecule has 0 saturated carbocycles. The van der Waals surface area contributed by atoms with E-state index in [4.69, 9.17) is 11.6 Å². The van der Waals surface area contributed by atoms with Crippen molar-refractivity contribution in [2.75, 3.05) is 32.6 Å². The molecule has 1 unspecified atom stereocenters. The predicted octanol–water partition coefficient (Wildman–Crippen LogP) is 1.13. The van der Waals surface area contributed by atoms with E-state index < -0.39 is 10.2 Å². The molecule has 0 N–H and O–H groups in total. The average molecular weight is 255 g/mol. The lowest BCUT2D eigenvalue weighted by atomic mass is 10.2. The van der Waals surface area contributed by atoms with Crippen LogP contribution < -0.4 is 0 Å². The first kappa shape index (κ1) is 13.2. The molecule has 0 radical (unpaired) electrons. The zero-order valence-corrected chi connectivity index (χ0v) is 10.9. The summed E-state index contributed by atoms with van der Waals surface area (Å²) in [5.74, 6) is 0.970. The summed E-state index contributed by atoms with van der Waals surface area (Å²) in [4.78, 5) is 0. The molecule has 0 bridgehead atoms. The van der Waals surface area contributed by atoms with Gasteiger partial charge >= 0.3 is 0 Å². The lowest BCUT2D eigenvalue weighted by Crippen LogP contribution is -2.41. The summed E-state index contributed by atoms with van der Waals surface area (Å²) in [5, 5.41) is 0. The summed E-state index contributed by atoms with van der Waals surface area (Å²) in [6.07, 6.45) is 1.66. The first-order valence-corrected chi connectivity index (χ1v) is 7.19. The zero-order valence-electron chi connectivity index (χ0n) is 9.32. The van der Waals surface area contributed by atoms with Crippen molar-refractivity contribution >= 4 is 21.8 Å². The average Bonchev–Trinajstić information content (AvgIpc) is 2.61. The molecule has 4 nitrogen and oxygen atoms in total. The third-order valence-electron chi connectivity index (χ3n) is 2.71. The van der Waals surface area contributed by atoms with Crippen LogP contribution in [0, 0.1) is 5.92 Å². The van der Waals surface area contributed by atoms with E-state index in [1.165, 1.54) is 4.31 Å². The smallest absolute Gasteiger partial charge is 0.195 e. The molecule has 1 saturated heterocycles. The molecule has 1 atom stereocenters. The molecule has 1 heterocycles. The van der Waals surface area contributed by atoms with Crippen molar-refractivity contribution in [3.05, 3.63) is 0 Å². The third-order valence-corrected chi connectivity index (χ3v) is 4.94. The molecule has 0 aromatic carbocycles. The van der Waals surface area contributed by atoms with Gasteiger partial charge in [-0.2, -0.15) is 17.0 Å². The van der Waals surface area contributed by atoms with Gasteiger partial charge in [0.2, 0.25) is 0 Å². The van der Waals surface area contributed by atoms with Gasteiger partial charge in [0.25, 0.3) is 10.2 Å². The minimum Gasteiger partial charge on any atom is -0.195 e. The molecule has 0 aromatic heterocycles. The number of alkyl halides is 1. The summed E-state index contributed by atoms with van der Waals surface area (Å²) in [5.41, 5.74) is 0. The van der Waals surface area contributed by atoms with Gasteiger partial charge in [-0.1, -0.05) is 6.92 Å². The van der Waals surface area contributed by atoms with Crippen LogP contribution in [0.4, 0.5) is 0 Å². The van der Waals surface area contributed by atoms with E-state index in [9.17, 15) is 8.42 Å². The number of hydrogen-bond acceptors (Lipinski definition) is 2. The van der Waals surface area contributed by atoms with E-state index >= 15 is 0 Å². The minimum atomic E-state index is -3.24. The highest BCUT2D eigenvalue weighted by atomic mass is 35.5. The van der Waals surface area contributed by atoms with Crippen LogP contribution in [0.2, 0.25) is 0 Å². The van der Waals surface area contributed by atoms with E-state index in [-0.39, 0.29) is 0 Å². The maximum Gasteiger partial charge on any atom is 0.281 e. The maximum absolute atomic E-state index is 12.0. The second kappa shape index (κ2) is 5.48. The Hall–Kier alpha value is 0.160. The van der Waals surface area contributed by atoms with Crippen LogP contribution in [0.25, 0.3) is 0 Å². The van der Waals surface area contributed by atoms with E-state index in [1.54, 1.807) is 11.4 Å². The van der Waals surface area contributed by atoms with Crippen molar-refractivity contribution in [1.29, 1.82) is 0 Å². The van der Waals surface area contributed by atoms with E-state index in [0.717, 1.165) is 6.42 Å². The normalized spacial score (nSPS) is 23.9. The van der Waals surface area contributed by atoms with Gasteiger partial charge in [0.05, 0.1) is 0 Å². The fourth-order valence-corrected chi connectivity index (χ4v) is 3.35. The number of rotatable bonds is 5. The SMILES string of the molecule is CC1CCN(S(=O)(=O)N(C)CCCCl)C1. The molecule has 0 aromatic rings. The Morgan fingerprint density at radius 2 is 2.20 bits per heavy atom. The summed E-state index contributed by atoms with van der Waals surface area (Å²) in [6, 6.07) is 0. The molecule has 0 aliphatic carbocycles. The lowest BCUT2D eigenvalue weighted by molar-refractivity contribution is 0.389. The molecular formula is C9H19ClN2O2S. The molecule has 0 spiro atoms. The molecule has 1 rings (SSSR count). The molecule has 1 fully saturated rings.